The molecule has 2 aromatic rings. The molecule has 0 bridgehead atoms. The molecule has 1 saturated carbocycles. The van der Waals surface area contributed by atoms with Gasteiger partial charge in [0, 0.05) is 17.5 Å². The summed E-state index contributed by atoms with van der Waals surface area (Å²) >= 11 is 0. The standard InChI is InChI=1S/C15H18N2O2S/c16-11-15(9-4-10-15)17-20(18,19)14-8-3-6-12-5-1-2-7-13(12)14/h1-3,5-8,17H,4,9-11,16H2. The maximum Gasteiger partial charge on any atom is 0.241 e. The van der Waals surface area contributed by atoms with Gasteiger partial charge in [-0.1, -0.05) is 36.4 Å². The molecule has 0 aromatic heterocycles. The fourth-order valence-electron chi connectivity index (χ4n) is 2.72. The van der Waals surface area contributed by atoms with Crippen LogP contribution in [0.2, 0.25) is 0 Å². The second kappa shape index (κ2) is 4.84. The number of hydrogen-bond donors (Lipinski definition) is 2. The Morgan fingerprint density at radius 1 is 1.10 bits per heavy atom. The van der Waals surface area contributed by atoms with Crippen LogP contribution in [0.1, 0.15) is 19.3 Å². The van der Waals surface area contributed by atoms with Crippen LogP contribution < -0.4 is 10.5 Å². The van der Waals surface area contributed by atoms with Gasteiger partial charge in [0.15, 0.2) is 0 Å². The zero-order chi connectivity index (χ0) is 14.2. The van der Waals surface area contributed by atoms with Crippen LogP contribution in [0.15, 0.2) is 47.4 Å². The summed E-state index contributed by atoms with van der Waals surface area (Å²) in [5.74, 6) is 0. The van der Waals surface area contributed by atoms with Crippen molar-refractivity contribution in [3.05, 3.63) is 42.5 Å². The van der Waals surface area contributed by atoms with E-state index in [2.05, 4.69) is 4.72 Å². The van der Waals surface area contributed by atoms with Crippen molar-refractivity contribution >= 4 is 20.8 Å². The van der Waals surface area contributed by atoms with Crippen LogP contribution in [-0.4, -0.2) is 20.5 Å². The van der Waals surface area contributed by atoms with E-state index < -0.39 is 15.6 Å². The molecule has 3 N–H and O–H groups in total. The Balaban J connectivity index is 2.05. The summed E-state index contributed by atoms with van der Waals surface area (Å²) in [6.07, 6.45) is 2.65. The van der Waals surface area contributed by atoms with Gasteiger partial charge in [-0.2, -0.15) is 0 Å². The lowest BCUT2D eigenvalue weighted by Crippen LogP contribution is -2.58. The second-order valence-corrected chi connectivity index (χ2v) is 7.07. The van der Waals surface area contributed by atoms with E-state index in [9.17, 15) is 8.42 Å². The summed E-state index contributed by atoms with van der Waals surface area (Å²) in [4.78, 5) is 0.329. The van der Waals surface area contributed by atoms with Gasteiger partial charge in [-0.15, -0.1) is 0 Å². The highest BCUT2D eigenvalue weighted by molar-refractivity contribution is 7.89. The van der Waals surface area contributed by atoms with E-state index in [0.717, 1.165) is 30.0 Å². The van der Waals surface area contributed by atoms with Crippen molar-refractivity contribution in [2.75, 3.05) is 6.54 Å². The van der Waals surface area contributed by atoms with Crippen molar-refractivity contribution in [3.63, 3.8) is 0 Å². The summed E-state index contributed by atoms with van der Waals surface area (Å²) in [6, 6.07) is 12.8. The normalized spacial score (nSPS) is 17.9. The van der Waals surface area contributed by atoms with Gasteiger partial charge in [0.05, 0.1) is 4.90 Å². The fourth-order valence-corrected chi connectivity index (χ4v) is 4.42. The third-order valence-corrected chi connectivity index (χ3v) is 5.73. The number of nitrogens with two attached hydrogens (primary N) is 1. The van der Waals surface area contributed by atoms with Crippen molar-refractivity contribution in [3.8, 4) is 0 Å². The van der Waals surface area contributed by atoms with E-state index in [1.807, 2.05) is 30.3 Å². The number of benzene rings is 2. The average Bonchev–Trinajstić information content (AvgIpc) is 2.42. The molecular weight excluding hydrogens is 272 g/mol. The lowest BCUT2D eigenvalue weighted by atomic mass is 9.78. The van der Waals surface area contributed by atoms with E-state index >= 15 is 0 Å². The molecule has 1 aliphatic rings. The van der Waals surface area contributed by atoms with Crippen LogP contribution >= 0.6 is 0 Å². The third-order valence-electron chi connectivity index (χ3n) is 4.09. The monoisotopic (exact) mass is 290 g/mol. The van der Waals surface area contributed by atoms with Crippen LogP contribution in [0.4, 0.5) is 0 Å². The molecular formula is C15H18N2O2S. The largest absolute Gasteiger partial charge is 0.329 e. The van der Waals surface area contributed by atoms with E-state index in [-0.39, 0.29) is 0 Å². The molecule has 3 rings (SSSR count). The van der Waals surface area contributed by atoms with E-state index in [1.165, 1.54) is 0 Å². The van der Waals surface area contributed by atoms with Crippen LogP contribution in [-0.2, 0) is 10.0 Å². The molecule has 0 atom stereocenters. The highest BCUT2D eigenvalue weighted by Gasteiger charge is 2.39. The van der Waals surface area contributed by atoms with Gasteiger partial charge < -0.3 is 5.73 Å². The molecule has 0 spiro atoms. The van der Waals surface area contributed by atoms with E-state index in [1.54, 1.807) is 12.1 Å². The molecule has 1 fully saturated rings. The smallest absolute Gasteiger partial charge is 0.241 e. The van der Waals surface area contributed by atoms with Gasteiger partial charge in [-0.25, -0.2) is 13.1 Å². The Morgan fingerprint density at radius 2 is 1.80 bits per heavy atom. The highest BCUT2D eigenvalue weighted by Crippen LogP contribution is 2.33. The molecule has 0 aliphatic heterocycles. The van der Waals surface area contributed by atoms with Gasteiger partial charge >= 0.3 is 0 Å². The Bertz CT molecular complexity index is 726. The zero-order valence-electron chi connectivity index (χ0n) is 11.2. The van der Waals surface area contributed by atoms with Crippen molar-refractivity contribution in [2.24, 2.45) is 5.73 Å². The number of hydrogen-bond acceptors (Lipinski definition) is 3. The second-order valence-electron chi connectivity index (χ2n) is 5.42. The first kappa shape index (κ1) is 13.5. The number of sulfonamides is 1. The Morgan fingerprint density at radius 3 is 2.45 bits per heavy atom. The summed E-state index contributed by atoms with van der Waals surface area (Å²) in [6.45, 7) is 0.344. The Labute approximate surface area is 119 Å². The van der Waals surface area contributed by atoms with Gasteiger partial charge in [-0.3, -0.25) is 0 Å². The average molecular weight is 290 g/mol. The molecule has 0 amide bonds. The molecule has 0 radical (unpaired) electrons. The van der Waals surface area contributed by atoms with Gasteiger partial charge in [0.25, 0.3) is 0 Å². The fraction of sp³-hybridized carbons (Fsp3) is 0.333. The first-order valence-corrected chi connectivity index (χ1v) is 8.27. The third kappa shape index (κ3) is 2.22. The lowest BCUT2D eigenvalue weighted by molar-refractivity contribution is 0.231. The minimum Gasteiger partial charge on any atom is -0.329 e. The topological polar surface area (TPSA) is 72.2 Å². The highest BCUT2D eigenvalue weighted by atomic mass is 32.2. The van der Waals surface area contributed by atoms with Crippen molar-refractivity contribution in [1.29, 1.82) is 0 Å². The minimum atomic E-state index is -3.55. The van der Waals surface area contributed by atoms with Gasteiger partial charge in [0.1, 0.15) is 0 Å². The molecule has 20 heavy (non-hydrogen) atoms. The molecule has 0 saturated heterocycles. The van der Waals surface area contributed by atoms with Crippen molar-refractivity contribution < 1.29 is 8.42 Å². The molecule has 0 heterocycles. The molecule has 1 aliphatic carbocycles. The Kier molecular flexibility index (Phi) is 3.28. The molecule has 5 heteroatoms. The molecule has 0 unspecified atom stereocenters. The predicted molar refractivity (Wildman–Crippen MR) is 79.9 cm³/mol. The van der Waals surface area contributed by atoms with Gasteiger partial charge in [-0.05, 0) is 30.7 Å². The zero-order valence-corrected chi connectivity index (χ0v) is 12.0. The maximum atomic E-state index is 12.6. The van der Waals surface area contributed by atoms with Gasteiger partial charge in [0.2, 0.25) is 10.0 Å². The number of rotatable bonds is 4. The molecule has 2 aromatic carbocycles. The summed E-state index contributed by atoms with van der Waals surface area (Å²) in [7, 11) is -3.55. The quantitative estimate of drug-likeness (QED) is 0.904. The van der Waals surface area contributed by atoms with Crippen molar-refractivity contribution in [2.45, 2.75) is 29.7 Å². The summed E-state index contributed by atoms with van der Waals surface area (Å²) in [5, 5.41) is 1.67. The lowest BCUT2D eigenvalue weighted by Gasteiger charge is -2.41. The molecule has 4 nitrogen and oxygen atoms in total. The van der Waals surface area contributed by atoms with E-state index in [4.69, 9.17) is 5.73 Å². The predicted octanol–water partition coefficient (Wildman–Crippen LogP) is 2.00. The number of fused-ring (bicyclic) bond motifs is 1. The van der Waals surface area contributed by atoms with Crippen molar-refractivity contribution in [1.82, 2.24) is 4.72 Å². The summed E-state index contributed by atoms with van der Waals surface area (Å²) < 4.78 is 28.1. The van der Waals surface area contributed by atoms with Crippen LogP contribution in [0.5, 0.6) is 0 Å². The first-order valence-electron chi connectivity index (χ1n) is 6.78. The van der Waals surface area contributed by atoms with Crippen LogP contribution in [0.25, 0.3) is 10.8 Å². The summed E-state index contributed by atoms with van der Waals surface area (Å²) in [5.41, 5.74) is 5.29. The molecule has 106 valence electrons. The number of nitrogens with one attached hydrogen (secondary N) is 1. The SMILES string of the molecule is NCC1(NS(=O)(=O)c2cccc3ccccc23)CCC1. The minimum absolute atomic E-state index is 0.329. The first-order chi connectivity index (χ1) is 9.56. The van der Waals surface area contributed by atoms with Crippen LogP contribution in [0.3, 0.4) is 0 Å². The maximum absolute atomic E-state index is 12.6. The van der Waals surface area contributed by atoms with E-state index in [0.29, 0.717) is 11.4 Å². The van der Waals surface area contributed by atoms with Crippen LogP contribution in [0, 0.1) is 0 Å². The Hall–Kier alpha value is -1.43.